The normalized spacial score (nSPS) is 12.4. The second kappa shape index (κ2) is 7.78. The van der Waals surface area contributed by atoms with E-state index in [0.717, 1.165) is 12.1 Å². The van der Waals surface area contributed by atoms with Gasteiger partial charge in [0.1, 0.15) is 4.90 Å². The van der Waals surface area contributed by atoms with Crippen LogP contribution in [0.4, 0.5) is 18.9 Å². The number of rotatable bonds is 6. The molecule has 3 aromatic rings. The number of aryl methyl sites for hydroxylation is 3. The predicted molar refractivity (Wildman–Crippen MR) is 106 cm³/mol. The summed E-state index contributed by atoms with van der Waals surface area (Å²) in [5.41, 5.74) is 1.25. The summed E-state index contributed by atoms with van der Waals surface area (Å²) in [7, 11) is -3.90. The molecule has 0 fully saturated rings. The van der Waals surface area contributed by atoms with Gasteiger partial charge in [0.25, 0.3) is 10.0 Å². The number of nitrogens with one attached hydrogen (secondary N) is 1. The summed E-state index contributed by atoms with van der Waals surface area (Å²) in [5, 5.41) is 8.46. The highest BCUT2D eigenvalue weighted by Gasteiger charge is 2.30. The molecule has 0 saturated carbocycles. The smallest absolute Gasteiger partial charge is 0.276 e. The van der Waals surface area contributed by atoms with E-state index >= 15 is 0 Å². The number of sulfonamides is 1. The molecule has 0 atom stereocenters. The summed E-state index contributed by atoms with van der Waals surface area (Å²) in [4.78, 5) is 0.0637. The molecular weight excluding hydrogens is 419 g/mol. The number of anilines is 1. The minimum atomic E-state index is -4.44. The van der Waals surface area contributed by atoms with E-state index in [4.69, 9.17) is 0 Å². The molecule has 1 aromatic carbocycles. The molecule has 0 spiro atoms. The van der Waals surface area contributed by atoms with Crippen molar-refractivity contribution >= 4 is 15.7 Å². The minimum absolute atomic E-state index is 0.0637. The molecule has 7 nitrogen and oxygen atoms in total. The minimum Gasteiger partial charge on any atom is -0.276 e. The van der Waals surface area contributed by atoms with Crippen molar-refractivity contribution in [2.75, 3.05) is 4.72 Å². The molecule has 2 aromatic heterocycles. The van der Waals surface area contributed by atoms with Gasteiger partial charge in [-0.25, -0.2) is 8.42 Å². The fourth-order valence-electron chi connectivity index (χ4n) is 3.13. The molecule has 2 heterocycles. The lowest BCUT2D eigenvalue weighted by atomic mass is 10.1. The summed E-state index contributed by atoms with van der Waals surface area (Å²) >= 11 is 0. The quantitative estimate of drug-likeness (QED) is 0.629. The molecule has 1 N–H and O–H groups in total. The highest BCUT2D eigenvalue weighted by atomic mass is 32.2. The Morgan fingerprint density at radius 2 is 1.80 bits per heavy atom. The highest BCUT2D eigenvalue weighted by molar-refractivity contribution is 7.92. The Kier molecular flexibility index (Phi) is 5.68. The molecule has 0 unspecified atom stereocenters. The van der Waals surface area contributed by atoms with Gasteiger partial charge in [-0.1, -0.05) is 12.1 Å². The van der Waals surface area contributed by atoms with Crippen molar-refractivity contribution in [3.63, 3.8) is 0 Å². The number of aromatic nitrogens is 4. The first-order chi connectivity index (χ1) is 13.9. The summed E-state index contributed by atoms with van der Waals surface area (Å²) in [6.07, 6.45) is -2.98. The number of alkyl halides is 3. The number of hydrogen-bond acceptors (Lipinski definition) is 4. The lowest BCUT2D eigenvalue weighted by molar-refractivity contribution is -0.137. The largest absolute Gasteiger partial charge is 0.416 e. The Morgan fingerprint density at radius 3 is 2.40 bits per heavy atom. The third-order valence-electron chi connectivity index (χ3n) is 4.72. The van der Waals surface area contributed by atoms with Crippen LogP contribution in [0.2, 0.25) is 0 Å². The van der Waals surface area contributed by atoms with Crippen molar-refractivity contribution in [2.24, 2.45) is 0 Å². The Hall–Kier alpha value is -2.82. The van der Waals surface area contributed by atoms with Crippen LogP contribution in [0.25, 0.3) is 0 Å². The van der Waals surface area contributed by atoms with Crippen molar-refractivity contribution in [1.29, 1.82) is 0 Å². The maximum Gasteiger partial charge on any atom is 0.416 e. The molecule has 162 valence electrons. The van der Waals surface area contributed by atoms with Crippen molar-refractivity contribution in [3.8, 4) is 0 Å². The Morgan fingerprint density at radius 1 is 1.10 bits per heavy atom. The second-order valence-electron chi connectivity index (χ2n) is 6.94. The molecule has 0 bridgehead atoms. The SMILES string of the molecule is CCn1cc(S(=O)(=O)Nc2c(C)nn(Cc3cccc(C(F)(F)F)c3)c2C)c(C)n1. The molecule has 0 aliphatic carbocycles. The maximum absolute atomic E-state index is 13.0. The zero-order chi connectivity index (χ0) is 22.3. The lowest BCUT2D eigenvalue weighted by Crippen LogP contribution is -2.15. The van der Waals surface area contributed by atoms with Gasteiger partial charge in [0, 0.05) is 12.7 Å². The van der Waals surface area contributed by atoms with Gasteiger partial charge in [0.2, 0.25) is 0 Å². The van der Waals surface area contributed by atoms with Crippen molar-refractivity contribution in [3.05, 3.63) is 58.7 Å². The van der Waals surface area contributed by atoms with Gasteiger partial charge in [-0.05, 0) is 45.4 Å². The maximum atomic E-state index is 13.0. The topological polar surface area (TPSA) is 81.8 Å². The molecule has 3 rings (SSSR count). The van der Waals surface area contributed by atoms with E-state index in [0.29, 0.717) is 34.9 Å². The van der Waals surface area contributed by atoms with Crippen LogP contribution in [0, 0.1) is 20.8 Å². The third kappa shape index (κ3) is 4.35. The van der Waals surface area contributed by atoms with Crippen LogP contribution in [-0.2, 0) is 29.3 Å². The average molecular weight is 441 g/mol. The second-order valence-corrected chi connectivity index (χ2v) is 8.59. The van der Waals surface area contributed by atoms with Gasteiger partial charge in [-0.2, -0.15) is 23.4 Å². The number of benzene rings is 1. The van der Waals surface area contributed by atoms with Crippen molar-refractivity contribution < 1.29 is 21.6 Å². The van der Waals surface area contributed by atoms with Gasteiger partial charge in [-0.3, -0.25) is 14.1 Å². The number of halogens is 3. The van der Waals surface area contributed by atoms with Gasteiger partial charge in [0.05, 0.1) is 34.9 Å². The first-order valence-corrected chi connectivity index (χ1v) is 10.7. The molecule has 0 saturated heterocycles. The van der Waals surface area contributed by atoms with E-state index in [1.807, 2.05) is 6.92 Å². The Bertz CT molecular complexity index is 1180. The van der Waals surface area contributed by atoms with E-state index in [-0.39, 0.29) is 11.4 Å². The predicted octanol–water partition coefficient (Wildman–Crippen LogP) is 3.89. The van der Waals surface area contributed by atoms with Crippen LogP contribution in [0.3, 0.4) is 0 Å². The van der Waals surface area contributed by atoms with Crippen molar-refractivity contribution in [1.82, 2.24) is 19.6 Å². The molecule has 11 heteroatoms. The zero-order valence-corrected chi connectivity index (χ0v) is 17.8. The highest BCUT2D eigenvalue weighted by Crippen LogP contribution is 2.30. The molecule has 0 aliphatic rings. The van der Waals surface area contributed by atoms with Crippen LogP contribution in [0.1, 0.15) is 35.1 Å². The lowest BCUT2D eigenvalue weighted by Gasteiger charge is -2.10. The molecule has 0 radical (unpaired) electrons. The summed E-state index contributed by atoms with van der Waals surface area (Å²) in [6, 6.07) is 4.96. The van der Waals surface area contributed by atoms with E-state index in [1.165, 1.54) is 21.6 Å². The van der Waals surface area contributed by atoms with E-state index in [2.05, 4.69) is 14.9 Å². The van der Waals surface area contributed by atoms with Crippen LogP contribution in [-0.4, -0.2) is 28.0 Å². The summed E-state index contributed by atoms with van der Waals surface area (Å²) in [6.45, 7) is 7.36. The average Bonchev–Trinajstić information content (AvgIpc) is 3.16. The number of nitrogens with zero attached hydrogens (tertiary/aromatic N) is 4. The van der Waals surface area contributed by atoms with Crippen molar-refractivity contribution in [2.45, 2.75) is 51.9 Å². The molecule has 30 heavy (non-hydrogen) atoms. The molecule has 0 aliphatic heterocycles. The van der Waals surface area contributed by atoms with Gasteiger partial charge < -0.3 is 0 Å². The van der Waals surface area contributed by atoms with E-state index < -0.39 is 21.8 Å². The third-order valence-corrected chi connectivity index (χ3v) is 6.17. The van der Waals surface area contributed by atoms with Gasteiger partial charge in [0.15, 0.2) is 0 Å². The fraction of sp³-hybridized carbons (Fsp3) is 0.368. The summed E-state index contributed by atoms with van der Waals surface area (Å²) < 4.78 is 70.1. The Balaban J connectivity index is 1.90. The van der Waals surface area contributed by atoms with Crippen LogP contribution < -0.4 is 4.72 Å². The van der Waals surface area contributed by atoms with E-state index in [1.54, 1.807) is 26.8 Å². The standard InChI is InChI=1S/C19H22F3N5O2S/c1-5-26-11-17(12(2)23-26)30(28,29)25-18-13(3)24-27(14(18)4)10-15-7-6-8-16(9-15)19(20,21)22/h6-9,11,25H,5,10H2,1-4H3. The van der Waals surface area contributed by atoms with Gasteiger partial charge in [-0.15, -0.1) is 0 Å². The molecular formula is C19H22F3N5O2S. The molecule has 0 amide bonds. The number of hydrogen-bond donors (Lipinski definition) is 1. The fourth-order valence-corrected chi connectivity index (χ4v) is 4.50. The van der Waals surface area contributed by atoms with Crippen LogP contribution in [0.5, 0.6) is 0 Å². The summed E-state index contributed by atoms with van der Waals surface area (Å²) in [5.74, 6) is 0. The monoisotopic (exact) mass is 441 g/mol. The Labute approximate surface area is 172 Å². The first kappa shape index (κ1) is 21.9. The van der Waals surface area contributed by atoms with Crippen LogP contribution in [0.15, 0.2) is 35.4 Å². The van der Waals surface area contributed by atoms with Crippen LogP contribution >= 0.6 is 0 Å². The van der Waals surface area contributed by atoms with E-state index in [9.17, 15) is 21.6 Å². The first-order valence-electron chi connectivity index (χ1n) is 9.19. The van der Waals surface area contributed by atoms with Gasteiger partial charge >= 0.3 is 6.18 Å². The zero-order valence-electron chi connectivity index (χ0n) is 16.9.